The maximum atomic E-state index is 6.17. The first-order chi connectivity index (χ1) is 8.24. The van der Waals surface area contributed by atoms with Crippen LogP contribution in [0.15, 0.2) is 0 Å². The van der Waals surface area contributed by atoms with Crippen LogP contribution in [-0.4, -0.2) is 16.8 Å². The van der Waals surface area contributed by atoms with Gasteiger partial charge in [-0.25, -0.2) is 0 Å². The molecule has 4 unspecified atom stereocenters. The van der Waals surface area contributed by atoms with Gasteiger partial charge in [0.15, 0.2) is 0 Å². The Labute approximate surface area is 117 Å². The average Bonchev–Trinajstić information content (AvgIpc) is 2.22. The standard InChI is InChI=1S/C16H30OS/c1-11-7-8-12(2)16(5,6)13(11)14-17-10-9-15(3,4)18-14/h11-14H,7-10H2,1-6H3. The van der Waals surface area contributed by atoms with Gasteiger partial charge in [0.25, 0.3) is 0 Å². The van der Waals surface area contributed by atoms with Gasteiger partial charge in [-0.15, -0.1) is 11.8 Å². The fraction of sp³-hybridized carbons (Fsp3) is 1.00. The molecule has 2 aliphatic rings. The second-order valence-corrected chi connectivity index (χ2v) is 9.48. The Morgan fingerprint density at radius 1 is 1.06 bits per heavy atom. The van der Waals surface area contributed by atoms with E-state index in [2.05, 4.69) is 53.3 Å². The van der Waals surface area contributed by atoms with Crippen molar-refractivity contribution in [1.82, 2.24) is 0 Å². The molecule has 0 aromatic rings. The van der Waals surface area contributed by atoms with Crippen molar-refractivity contribution < 1.29 is 4.74 Å². The minimum Gasteiger partial charge on any atom is -0.367 e. The summed E-state index contributed by atoms with van der Waals surface area (Å²) in [4.78, 5) is 0. The molecule has 0 spiro atoms. The van der Waals surface area contributed by atoms with E-state index < -0.39 is 0 Å². The molecule has 0 radical (unpaired) electrons. The van der Waals surface area contributed by atoms with Crippen molar-refractivity contribution in [1.29, 1.82) is 0 Å². The number of ether oxygens (including phenoxy) is 1. The van der Waals surface area contributed by atoms with E-state index in [9.17, 15) is 0 Å². The maximum absolute atomic E-state index is 6.17. The molecule has 0 N–H and O–H groups in total. The average molecular weight is 270 g/mol. The second-order valence-electron chi connectivity index (χ2n) is 7.67. The summed E-state index contributed by atoms with van der Waals surface area (Å²) in [7, 11) is 0. The van der Waals surface area contributed by atoms with Crippen LogP contribution in [0, 0.1) is 23.2 Å². The largest absolute Gasteiger partial charge is 0.367 e. The topological polar surface area (TPSA) is 9.23 Å². The van der Waals surface area contributed by atoms with Crippen molar-refractivity contribution >= 4 is 11.8 Å². The molecule has 0 bridgehead atoms. The minimum absolute atomic E-state index is 0.388. The van der Waals surface area contributed by atoms with Gasteiger partial charge in [-0.2, -0.15) is 0 Å². The first-order valence-corrected chi connectivity index (χ1v) is 8.41. The fourth-order valence-corrected chi connectivity index (χ4v) is 5.51. The second kappa shape index (κ2) is 5.01. The van der Waals surface area contributed by atoms with Crippen LogP contribution >= 0.6 is 11.8 Å². The van der Waals surface area contributed by atoms with Gasteiger partial charge >= 0.3 is 0 Å². The van der Waals surface area contributed by atoms with Crippen LogP contribution in [0.4, 0.5) is 0 Å². The molecule has 2 rings (SSSR count). The summed E-state index contributed by atoms with van der Waals surface area (Å²) in [5.41, 5.74) is 0.810. The minimum atomic E-state index is 0.388. The highest BCUT2D eigenvalue weighted by Gasteiger charge is 2.48. The molecule has 18 heavy (non-hydrogen) atoms. The summed E-state index contributed by atoms with van der Waals surface area (Å²) >= 11 is 2.08. The maximum Gasteiger partial charge on any atom is 0.107 e. The molecular weight excluding hydrogens is 240 g/mol. The van der Waals surface area contributed by atoms with Crippen LogP contribution in [-0.2, 0) is 4.74 Å². The van der Waals surface area contributed by atoms with Gasteiger partial charge in [0.2, 0.25) is 0 Å². The fourth-order valence-electron chi connectivity index (χ4n) is 3.75. The van der Waals surface area contributed by atoms with E-state index in [1.165, 1.54) is 19.3 Å². The molecule has 1 aliphatic carbocycles. The van der Waals surface area contributed by atoms with Crippen LogP contribution in [0.3, 0.4) is 0 Å². The Balaban J connectivity index is 2.18. The van der Waals surface area contributed by atoms with Crippen LogP contribution < -0.4 is 0 Å². The molecule has 1 heterocycles. The first kappa shape index (κ1) is 14.7. The quantitative estimate of drug-likeness (QED) is 0.666. The van der Waals surface area contributed by atoms with Crippen LogP contribution in [0.1, 0.15) is 60.8 Å². The monoisotopic (exact) mass is 270 g/mol. The number of hydrogen-bond donors (Lipinski definition) is 0. The molecule has 2 fully saturated rings. The smallest absolute Gasteiger partial charge is 0.107 e. The van der Waals surface area contributed by atoms with E-state index in [4.69, 9.17) is 4.74 Å². The summed E-state index contributed by atoms with van der Waals surface area (Å²) < 4.78 is 6.56. The molecule has 1 saturated heterocycles. The zero-order valence-electron chi connectivity index (χ0n) is 13.0. The Kier molecular flexibility index (Phi) is 4.10. The molecule has 0 amide bonds. The summed E-state index contributed by atoms with van der Waals surface area (Å²) in [5.74, 6) is 2.31. The zero-order valence-corrected chi connectivity index (χ0v) is 13.8. The molecule has 1 saturated carbocycles. The number of hydrogen-bond acceptors (Lipinski definition) is 2. The van der Waals surface area contributed by atoms with E-state index in [1.54, 1.807) is 0 Å². The molecule has 2 heteroatoms. The first-order valence-electron chi connectivity index (χ1n) is 7.53. The molecular formula is C16H30OS. The third-order valence-corrected chi connectivity index (χ3v) is 7.02. The van der Waals surface area contributed by atoms with Crippen molar-refractivity contribution in [3.05, 3.63) is 0 Å². The SMILES string of the molecule is CC1CCC(C)C(C)(C)C1C1OCCC(C)(C)S1. The van der Waals surface area contributed by atoms with Gasteiger partial charge in [0.1, 0.15) is 5.44 Å². The third-order valence-electron chi connectivity index (χ3n) is 5.51. The lowest BCUT2D eigenvalue weighted by Gasteiger charge is -2.52. The molecule has 1 nitrogen and oxygen atoms in total. The molecule has 1 aliphatic heterocycles. The zero-order chi connectivity index (χ0) is 13.6. The van der Waals surface area contributed by atoms with Gasteiger partial charge in [0.05, 0.1) is 0 Å². The molecule has 0 aromatic carbocycles. The summed E-state index contributed by atoms with van der Waals surface area (Å²) in [5, 5.41) is 0. The predicted molar refractivity (Wildman–Crippen MR) is 80.9 cm³/mol. The van der Waals surface area contributed by atoms with Crippen LogP contribution in [0.2, 0.25) is 0 Å². The predicted octanol–water partition coefficient (Wildman–Crippen LogP) is 4.95. The van der Waals surface area contributed by atoms with Gasteiger partial charge in [-0.3, -0.25) is 0 Å². The van der Waals surface area contributed by atoms with Crippen molar-refractivity contribution in [3.63, 3.8) is 0 Å². The van der Waals surface area contributed by atoms with Crippen LogP contribution in [0.5, 0.6) is 0 Å². The highest BCUT2D eigenvalue weighted by molar-refractivity contribution is 8.01. The molecule has 4 atom stereocenters. The lowest BCUT2D eigenvalue weighted by atomic mass is 9.59. The number of thioether (sulfide) groups is 1. The van der Waals surface area contributed by atoms with Gasteiger partial charge < -0.3 is 4.74 Å². The van der Waals surface area contributed by atoms with E-state index in [0.29, 0.717) is 21.5 Å². The van der Waals surface area contributed by atoms with Gasteiger partial charge in [0, 0.05) is 17.3 Å². The normalized spacial score (nSPS) is 43.7. The Hall–Kier alpha value is 0.310. The van der Waals surface area contributed by atoms with E-state index >= 15 is 0 Å². The van der Waals surface area contributed by atoms with E-state index in [0.717, 1.165) is 18.4 Å². The molecule has 0 aromatic heterocycles. The third kappa shape index (κ3) is 2.75. The van der Waals surface area contributed by atoms with Crippen molar-refractivity contribution in [3.8, 4) is 0 Å². The van der Waals surface area contributed by atoms with Crippen molar-refractivity contribution in [2.75, 3.05) is 6.61 Å². The summed E-state index contributed by atoms with van der Waals surface area (Å²) in [6.07, 6.45) is 3.94. The van der Waals surface area contributed by atoms with E-state index in [1.807, 2.05) is 0 Å². The van der Waals surface area contributed by atoms with Crippen molar-refractivity contribution in [2.45, 2.75) is 71.0 Å². The lowest BCUT2D eigenvalue weighted by Crippen LogP contribution is -2.48. The summed E-state index contributed by atoms with van der Waals surface area (Å²) in [6, 6.07) is 0. The van der Waals surface area contributed by atoms with Crippen molar-refractivity contribution in [2.24, 2.45) is 23.2 Å². The summed E-state index contributed by atoms with van der Waals surface area (Å²) in [6.45, 7) is 15.5. The number of rotatable bonds is 1. The Bertz CT molecular complexity index is 297. The highest BCUT2D eigenvalue weighted by atomic mass is 32.2. The molecule has 106 valence electrons. The van der Waals surface area contributed by atoms with Gasteiger partial charge in [-0.1, -0.05) is 48.0 Å². The highest BCUT2D eigenvalue weighted by Crippen LogP contribution is 2.54. The van der Waals surface area contributed by atoms with E-state index in [-0.39, 0.29) is 0 Å². The lowest BCUT2D eigenvalue weighted by molar-refractivity contribution is -0.0571. The van der Waals surface area contributed by atoms with Crippen LogP contribution in [0.25, 0.3) is 0 Å². The van der Waals surface area contributed by atoms with Gasteiger partial charge in [-0.05, 0) is 30.1 Å². The Morgan fingerprint density at radius 2 is 1.72 bits per heavy atom. The Morgan fingerprint density at radius 3 is 2.33 bits per heavy atom.